The maximum absolute atomic E-state index is 12.3. The molecule has 1 aliphatic heterocycles. The highest BCUT2D eigenvalue weighted by Crippen LogP contribution is 2.34. The molecule has 1 aliphatic rings. The minimum absolute atomic E-state index is 0.169. The molecular weight excluding hydrogens is 290 g/mol. The molecule has 6 nitrogen and oxygen atoms in total. The lowest BCUT2D eigenvalue weighted by molar-refractivity contribution is -0.148. The van der Waals surface area contributed by atoms with Gasteiger partial charge in [0, 0.05) is 24.2 Å². The summed E-state index contributed by atoms with van der Waals surface area (Å²) in [6.07, 6.45) is 2.83. The zero-order chi connectivity index (χ0) is 15.6. The topological polar surface area (TPSA) is 82.5 Å². The maximum Gasteiger partial charge on any atom is 0.317 e. The second kappa shape index (κ2) is 6.01. The molecule has 2 rings (SSSR count). The molecule has 0 aliphatic carbocycles. The number of thiazole rings is 1. The van der Waals surface area contributed by atoms with Gasteiger partial charge in [0.25, 0.3) is 0 Å². The number of carbonyl (C=O) groups is 2. The molecule has 1 aromatic heterocycles. The van der Waals surface area contributed by atoms with Crippen LogP contribution in [0, 0.1) is 12.3 Å². The molecule has 2 unspecified atom stereocenters. The van der Waals surface area contributed by atoms with Crippen LogP contribution < -0.4 is 5.32 Å². The number of carboxylic acid groups (broad SMARTS) is 1. The second-order valence-electron chi connectivity index (χ2n) is 5.59. The SMILES string of the molecule is CCC1(C(=O)O)CCN(C(=O)NC(C)c2ncc(C)s2)C1. The summed E-state index contributed by atoms with van der Waals surface area (Å²) >= 11 is 1.55. The van der Waals surface area contributed by atoms with Crippen molar-refractivity contribution in [2.75, 3.05) is 13.1 Å². The molecule has 21 heavy (non-hydrogen) atoms. The van der Waals surface area contributed by atoms with Crippen LogP contribution in [0.25, 0.3) is 0 Å². The first-order chi connectivity index (χ1) is 9.88. The average molecular weight is 311 g/mol. The third-order valence-electron chi connectivity index (χ3n) is 4.12. The number of hydrogen-bond donors (Lipinski definition) is 2. The van der Waals surface area contributed by atoms with Gasteiger partial charge >= 0.3 is 12.0 Å². The predicted octanol–water partition coefficient (Wildman–Crippen LogP) is 2.41. The number of aliphatic carboxylic acids is 1. The number of aryl methyl sites for hydroxylation is 1. The molecule has 1 fully saturated rings. The number of carbonyl (C=O) groups excluding carboxylic acids is 1. The highest BCUT2D eigenvalue weighted by Gasteiger charge is 2.44. The Hall–Kier alpha value is -1.63. The van der Waals surface area contributed by atoms with Crippen molar-refractivity contribution in [2.45, 2.75) is 39.7 Å². The molecule has 2 amide bonds. The first-order valence-corrected chi connectivity index (χ1v) is 7.91. The summed E-state index contributed by atoms with van der Waals surface area (Å²) in [7, 11) is 0. The molecule has 2 N–H and O–H groups in total. The number of urea groups is 1. The molecule has 2 heterocycles. The fourth-order valence-corrected chi connectivity index (χ4v) is 3.35. The second-order valence-corrected chi connectivity index (χ2v) is 6.86. The third-order valence-corrected chi connectivity index (χ3v) is 5.22. The molecule has 1 aromatic rings. The van der Waals surface area contributed by atoms with Crippen LogP contribution in [0.5, 0.6) is 0 Å². The van der Waals surface area contributed by atoms with Crippen LogP contribution in [0.3, 0.4) is 0 Å². The van der Waals surface area contributed by atoms with E-state index >= 15 is 0 Å². The van der Waals surface area contributed by atoms with E-state index in [9.17, 15) is 14.7 Å². The Labute approximate surface area is 128 Å². The summed E-state index contributed by atoms with van der Waals surface area (Å²) in [5.74, 6) is -0.816. The minimum atomic E-state index is -0.816. The Morgan fingerprint density at radius 1 is 1.62 bits per heavy atom. The van der Waals surface area contributed by atoms with Crippen molar-refractivity contribution in [1.29, 1.82) is 0 Å². The first kappa shape index (κ1) is 15.8. The largest absolute Gasteiger partial charge is 0.481 e. The predicted molar refractivity (Wildman–Crippen MR) is 80.3 cm³/mol. The Morgan fingerprint density at radius 3 is 2.81 bits per heavy atom. The van der Waals surface area contributed by atoms with E-state index in [4.69, 9.17) is 0 Å². The van der Waals surface area contributed by atoms with Crippen LogP contribution in [0.15, 0.2) is 6.20 Å². The van der Waals surface area contributed by atoms with Crippen molar-refractivity contribution < 1.29 is 14.7 Å². The Balaban J connectivity index is 1.97. The van der Waals surface area contributed by atoms with Gasteiger partial charge in [0.1, 0.15) is 5.01 Å². The van der Waals surface area contributed by atoms with Gasteiger partial charge in [-0.2, -0.15) is 0 Å². The maximum atomic E-state index is 12.3. The van der Waals surface area contributed by atoms with Gasteiger partial charge in [-0.3, -0.25) is 4.79 Å². The standard InChI is InChI=1S/C14H21N3O3S/c1-4-14(12(18)19)5-6-17(8-14)13(20)16-10(3)11-15-7-9(2)21-11/h7,10H,4-6,8H2,1-3H3,(H,16,20)(H,18,19). The van der Waals surface area contributed by atoms with Gasteiger partial charge < -0.3 is 15.3 Å². The fourth-order valence-electron chi connectivity index (χ4n) is 2.57. The number of hydrogen-bond acceptors (Lipinski definition) is 4. The average Bonchev–Trinajstić information content (AvgIpc) is 3.05. The third kappa shape index (κ3) is 3.18. The summed E-state index contributed by atoms with van der Waals surface area (Å²) in [4.78, 5) is 30.6. The van der Waals surface area contributed by atoms with E-state index in [1.54, 1.807) is 22.4 Å². The molecule has 0 bridgehead atoms. The van der Waals surface area contributed by atoms with Gasteiger partial charge in [0.05, 0.1) is 11.5 Å². The summed E-state index contributed by atoms with van der Waals surface area (Å²) in [6, 6.07) is -0.385. The van der Waals surface area contributed by atoms with E-state index in [1.165, 1.54) is 0 Å². The normalized spacial score (nSPS) is 23.1. The van der Waals surface area contributed by atoms with Gasteiger partial charge in [-0.1, -0.05) is 6.92 Å². The number of carboxylic acids is 1. The highest BCUT2D eigenvalue weighted by atomic mass is 32.1. The van der Waals surface area contributed by atoms with E-state index in [2.05, 4.69) is 10.3 Å². The molecule has 0 radical (unpaired) electrons. The fraction of sp³-hybridized carbons (Fsp3) is 0.643. The molecule has 7 heteroatoms. The Morgan fingerprint density at radius 2 is 2.33 bits per heavy atom. The molecule has 116 valence electrons. The number of amides is 2. The van der Waals surface area contributed by atoms with Crippen LogP contribution in [-0.2, 0) is 4.79 Å². The van der Waals surface area contributed by atoms with Crippen LogP contribution in [0.4, 0.5) is 4.79 Å². The van der Waals surface area contributed by atoms with Crippen molar-refractivity contribution >= 4 is 23.3 Å². The van der Waals surface area contributed by atoms with Crippen LogP contribution in [-0.4, -0.2) is 40.1 Å². The molecular formula is C14H21N3O3S. The van der Waals surface area contributed by atoms with Crippen LogP contribution in [0.2, 0.25) is 0 Å². The van der Waals surface area contributed by atoms with Crippen molar-refractivity contribution in [3.8, 4) is 0 Å². The van der Waals surface area contributed by atoms with Gasteiger partial charge in [0.2, 0.25) is 0 Å². The van der Waals surface area contributed by atoms with Crippen LogP contribution in [0.1, 0.15) is 42.6 Å². The first-order valence-electron chi connectivity index (χ1n) is 7.09. The van der Waals surface area contributed by atoms with Gasteiger partial charge in [-0.15, -0.1) is 11.3 Å². The molecule has 1 saturated heterocycles. The van der Waals surface area contributed by atoms with E-state index < -0.39 is 11.4 Å². The van der Waals surface area contributed by atoms with E-state index in [-0.39, 0.29) is 18.6 Å². The molecule has 2 atom stereocenters. The van der Waals surface area contributed by atoms with Crippen molar-refractivity contribution in [2.24, 2.45) is 5.41 Å². The number of rotatable bonds is 4. The summed E-state index contributed by atoms with van der Waals surface area (Å²) in [6.45, 7) is 6.47. The molecule has 0 spiro atoms. The van der Waals surface area contributed by atoms with Crippen LogP contribution >= 0.6 is 11.3 Å². The van der Waals surface area contributed by atoms with Crippen molar-refractivity contribution in [3.63, 3.8) is 0 Å². The Bertz CT molecular complexity index is 545. The number of aromatic nitrogens is 1. The van der Waals surface area contributed by atoms with E-state index in [1.807, 2.05) is 20.8 Å². The van der Waals surface area contributed by atoms with Gasteiger partial charge in [-0.25, -0.2) is 9.78 Å². The summed E-state index contributed by atoms with van der Waals surface area (Å²) < 4.78 is 0. The summed E-state index contributed by atoms with van der Waals surface area (Å²) in [5.41, 5.74) is -0.793. The zero-order valence-corrected chi connectivity index (χ0v) is 13.4. The summed E-state index contributed by atoms with van der Waals surface area (Å²) in [5, 5.41) is 13.1. The molecule has 0 saturated carbocycles. The number of likely N-dealkylation sites (tertiary alicyclic amines) is 1. The number of nitrogens with one attached hydrogen (secondary N) is 1. The monoisotopic (exact) mass is 311 g/mol. The van der Waals surface area contributed by atoms with Crippen molar-refractivity contribution in [3.05, 3.63) is 16.1 Å². The van der Waals surface area contributed by atoms with Crippen molar-refractivity contribution in [1.82, 2.24) is 15.2 Å². The smallest absolute Gasteiger partial charge is 0.317 e. The van der Waals surface area contributed by atoms with Gasteiger partial charge in [0.15, 0.2) is 0 Å². The lowest BCUT2D eigenvalue weighted by Gasteiger charge is -2.24. The van der Waals surface area contributed by atoms with Gasteiger partial charge in [-0.05, 0) is 26.7 Å². The Kier molecular flexibility index (Phi) is 4.51. The number of nitrogens with zero attached hydrogens (tertiary/aromatic N) is 2. The lowest BCUT2D eigenvalue weighted by atomic mass is 9.84. The van der Waals surface area contributed by atoms with E-state index in [0.717, 1.165) is 9.88 Å². The molecule has 0 aromatic carbocycles. The quantitative estimate of drug-likeness (QED) is 0.894. The minimum Gasteiger partial charge on any atom is -0.481 e. The zero-order valence-electron chi connectivity index (χ0n) is 12.5. The highest BCUT2D eigenvalue weighted by molar-refractivity contribution is 7.11. The van der Waals surface area contributed by atoms with E-state index in [0.29, 0.717) is 19.4 Å². The lowest BCUT2D eigenvalue weighted by Crippen LogP contribution is -2.42.